The highest BCUT2D eigenvalue weighted by Gasteiger charge is 2.20. The molecule has 1 aromatic carbocycles. The van der Waals surface area contributed by atoms with Gasteiger partial charge in [0.05, 0.1) is 0 Å². The maximum Gasteiger partial charge on any atom is 0.242 e. The van der Waals surface area contributed by atoms with Crippen LogP contribution in [0.3, 0.4) is 0 Å². The zero-order valence-electron chi connectivity index (χ0n) is 10.1. The van der Waals surface area contributed by atoms with Crippen molar-refractivity contribution in [2.75, 3.05) is 11.9 Å². The topological polar surface area (TPSA) is 53.2 Å². The Morgan fingerprint density at radius 1 is 1.28 bits per heavy atom. The van der Waals surface area contributed by atoms with Crippen molar-refractivity contribution in [3.8, 4) is 0 Å². The largest absolute Gasteiger partial charge is 0.354 e. The van der Waals surface area contributed by atoms with Gasteiger partial charge in [-0.15, -0.1) is 0 Å². The Bertz CT molecular complexity index is 422. The minimum absolute atomic E-state index is 0.0321. The maximum absolute atomic E-state index is 11.7. The SMILES string of the molecule is O=C1NCCCCC1NC(=S)Nc1ccccc1. The van der Waals surface area contributed by atoms with Crippen LogP contribution in [-0.4, -0.2) is 23.6 Å². The van der Waals surface area contributed by atoms with E-state index in [0.29, 0.717) is 5.11 Å². The van der Waals surface area contributed by atoms with Gasteiger partial charge in [-0.05, 0) is 43.6 Å². The van der Waals surface area contributed by atoms with Crippen LogP contribution >= 0.6 is 12.2 Å². The zero-order valence-corrected chi connectivity index (χ0v) is 10.9. The summed E-state index contributed by atoms with van der Waals surface area (Å²) in [5, 5.41) is 9.50. The first-order chi connectivity index (χ1) is 8.75. The van der Waals surface area contributed by atoms with Crippen LogP contribution in [0.5, 0.6) is 0 Å². The van der Waals surface area contributed by atoms with Gasteiger partial charge in [0.2, 0.25) is 5.91 Å². The van der Waals surface area contributed by atoms with Crippen LogP contribution in [-0.2, 0) is 4.79 Å². The van der Waals surface area contributed by atoms with E-state index in [1.54, 1.807) is 0 Å². The highest BCUT2D eigenvalue weighted by molar-refractivity contribution is 7.80. The van der Waals surface area contributed by atoms with Gasteiger partial charge < -0.3 is 16.0 Å². The summed E-state index contributed by atoms with van der Waals surface area (Å²) in [6.07, 6.45) is 2.88. The van der Waals surface area contributed by atoms with Crippen molar-refractivity contribution in [3.05, 3.63) is 30.3 Å². The maximum atomic E-state index is 11.7. The van der Waals surface area contributed by atoms with E-state index in [0.717, 1.165) is 31.5 Å². The van der Waals surface area contributed by atoms with Crippen molar-refractivity contribution in [1.29, 1.82) is 0 Å². The molecule has 0 saturated carbocycles. The fraction of sp³-hybridized carbons (Fsp3) is 0.385. The molecule has 1 amide bonds. The van der Waals surface area contributed by atoms with E-state index in [2.05, 4.69) is 16.0 Å². The van der Waals surface area contributed by atoms with Gasteiger partial charge in [-0.1, -0.05) is 18.2 Å². The molecule has 1 aliphatic rings. The molecular formula is C13H17N3OS. The van der Waals surface area contributed by atoms with Crippen LogP contribution in [0.4, 0.5) is 5.69 Å². The molecule has 18 heavy (non-hydrogen) atoms. The number of benzene rings is 1. The highest BCUT2D eigenvalue weighted by atomic mass is 32.1. The molecule has 0 spiro atoms. The highest BCUT2D eigenvalue weighted by Crippen LogP contribution is 2.07. The van der Waals surface area contributed by atoms with E-state index >= 15 is 0 Å². The Balaban J connectivity index is 1.88. The fourth-order valence-corrected chi connectivity index (χ4v) is 2.18. The number of carbonyl (C=O) groups excluding carboxylic acids is 1. The molecule has 1 saturated heterocycles. The summed E-state index contributed by atoms with van der Waals surface area (Å²) in [5.74, 6) is 0.0321. The first kappa shape index (κ1) is 12.8. The van der Waals surface area contributed by atoms with E-state index in [1.165, 1.54) is 0 Å². The van der Waals surface area contributed by atoms with Gasteiger partial charge in [0.1, 0.15) is 6.04 Å². The molecule has 0 radical (unpaired) electrons. The molecule has 0 bridgehead atoms. The number of hydrogen-bond acceptors (Lipinski definition) is 2. The Labute approximate surface area is 112 Å². The molecule has 1 aliphatic heterocycles. The van der Waals surface area contributed by atoms with Crippen molar-refractivity contribution >= 4 is 28.9 Å². The van der Waals surface area contributed by atoms with Gasteiger partial charge in [-0.25, -0.2) is 0 Å². The molecule has 1 atom stereocenters. The molecule has 1 aromatic rings. The zero-order chi connectivity index (χ0) is 12.8. The van der Waals surface area contributed by atoms with Gasteiger partial charge in [0.25, 0.3) is 0 Å². The van der Waals surface area contributed by atoms with Crippen LogP contribution in [0.25, 0.3) is 0 Å². The molecule has 1 heterocycles. The number of nitrogens with one attached hydrogen (secondary N) is 3. The minimum atomic E-state index is -0.226. The lowest BCUT2D eigenvalue weighted by molar-refractivity contribution is -0.122. The van der Waals surface area contributed by atoms with Gasteiger partial charge in [0, 0.05) is 12.2 Å². The molecule has 4 nitrogen and oxygen atoms in total. The second-order valence-corrected chi connectivity index (χ2v) is 4.71. The van der Waals surface area contributed by atoms with Crippen LogP contribution in [0.2, 0.25) is 0 Å². The molecule has 0 aromatic heterocycles. The molecule has 1 unspecified atom stereocenters. The standard InChI is InChI=1S/C13H17N3OS/c17-12-11(8-4-5-9-14-12)16-13(18)15-10-6-2-1-3-7-10/h1-3,6-7,11H,4-5,8-9H2,(H,14,17)(H2,15,16,18). The van der Waals surface area contributed by atoms with Gasteiger partial charge >= 0.3 is 0 Å². The number of rotatable bonds is 2. The summed E-state index contributed by atoms with van der Waals surface area (Å²) >= 11 is 5.21. The van der Waals surface area contributed by atoms with Crippen molar-refractivity contribution < 1.29 is 4.79 Å². The number of amides is 1. The van der Waals surface area contributed by atoms with Crippen molar-refractivity contribution in [2.45, 2.75) is 25.3 Å². The minimum Gasteiger partial charge on any atom is -0.354 e. The number of para-hydroxylation sites is 1. The monoisotopic (exact) mass is 263 g/mol. The third-order valence-electron chi connectivity index (χ3n) is 2.87. The van der Waals surface area contributed by atoms with E-state index in [-0.39, 0.29) is 11.9 Å². The summed E-state index contributed by atoms with van der Waals surface area (Å²) in [6, 6.07) is 9.45. The normalized spacial score (nSPS) is 19.6. The van der Waals surface area contributed by atoms with Crippen LogP contribution in [0.1, 0.15) is 19.3 Å². The van der Waals surface area contributed by atoms with E-state index < -0.39 is 0 Å². The Morgan fingerprint density at radius 2 is 2.06 bits per heavy atom. The van der Waals surface area contributed by atoms with Crippen molar-refractivity contribution in [2.24, 2.45) is 0 Å². The lowest BCUT2D eigenvalue weighted by atomic mass is 10.1. The van der Waals surface area contributed by atoms with E-state index in [4.69, 9.17) is 12.2 Å². The Hall–Kier alpha value is -1.62. The number of carbonyl (C=O) groups is 1. The second-order valence-electron chi connectivity index (χ2n) is 4.30. The molecule has 5 heteroatoms. The number of anilines is 1. The number of thiocarbonyl (C=S) groups is 1. The first-order valence-electron chi connectivity index (χ1n) is 6.16. The fourth-order valence-electron chi connectivity index (χ4n) is 1.92. The quantitative estimate of drug-likeness (QED) is 0.710. The lowest BCUT2D eigenvalue weighted by Gasteiger charge is -2.17. The third-order valence-corrected chi connectivity index (χ3v) is 3.09. The molecular weight excluding hydrogens is 246 g/mol. The Kier molecular flexibility index (Phi) is 4.52. The summed E-state index contributed by atoms with van der Waals surface area (Å²) in [4.78, 5) is 11.7. The number of hydrogen-bond donors (Lipinski definition) is 3. The summed E-state index contributed by atoms with van der Waals surface area (Å²) < 4.78 is 0. The smallest absolute Gasteiger partial charge is 0.242 e. The summed E-state index contributed by atoms with van der Waals surface area (Å²) in [6.45, 7) is 0.760. The molecule has 0 aliphatic carbocycles. The van der Waals surface area contributed by atoms with Crippen LogP contribution < -0.4 is 16.0 Å². The van der Waals surface area contributed by atoms with Crippen molar-refractivity contribution in [1.82, 2.24) is 10.6 Å². The first-order valence-corrected chi connectivity index (χ1v) is 6.57. The summed E-state index contributed by atoms with van der Waals surface area (Å²) in [7, 11) is 0. The average molecular weight is 263 g/mol. The summed E-state index contributed by atoms with van der Waals surface area (Å²) in [5.41, 5.74) is 0.920. The lowest BCUT2D eigenvalue weighted by Crippen LogP contribution is -2.46. The van der Waals surface area contributed by atoms with Gasteiger partial charge in [-0.3, -0.25) is 4.79 Å². The second kappa shape index (κ2) is 6.35. The molecule has 2 rings (SSSR count). The molecule has 3 N–H and O–H groups in total. The van der Waals surface area contributed by atoms with E-state index in [1.807, 2.05) is 30.3 Å². The average Bonchev–Trinajstić information content (AvgIpc) is 2.56. The third kappa shape index (κ3) is 3.70. The molecule has 1 fully saturated rings. The Morgan fingerprint density at radius 3 is 2.83 bits per heavy atom. The molecule has 96 valence electrons. The van der Waals surface area contributed by atoms with E-state index in [9.17, 15) is 4.79 Å². The van der Waals surface area contributed by atoms with Crippen molar-refractivity contribution in [3.63, 3.8) is 0 Å². The predicted molar refractivity (Wildman–Crippen MR) is 76.4 cm³/mol. The predicted octanol–water partition coefficient (Wildman–Crippen LogP) is 1.64. The van der Waals surface area contributed by atoms with Gasteiger partial charge in [0.15, 0.2) is 5.11 Å². The van der Waals surface area contributed by atoms with Crippen LogP contribution in [0, 0.1) is 0 Å². The van der Waals surface area contributed by atoms with Gasteiger partial charge in [-0.2, -0.15) is 0 Å². The van der Waals surface area contributed by atoms with Crippen LogP contribution in [0.15, 0.2) is 30.3 Å².